The molecule has 8 aromatic rings. The van der Waals surface area contributed by atoms with Gasteiger partial charge in [-0.3, -0.25) is 0 Å². The van der Waals surface area contributed by atoms with E-state index in [4.69, 9.17) is 9.47 Å². The predicted molar refractivity (Wildman–Crippen MR) is 216 cm³/mol. The first-order valence-corrected chi connectivity index (χ1v) is 18.4. The van der Waals surface area contributed by atoms with Crippen molar-refractivity contribution in [2.75, 3.05) is 0 Å². The number of aryl methyl sites for hydroxylation is 2. The second kappa shape index (κ2) is 10.5. The summed E-state index contributed by atoms with van der Waals surface area (Å²) in [5, 5.41) is 3.82. The van der Waals surface area contributed by atoms with Gasteiger partial charge in [-0.05, 0) is 105 Å². The van der Waals surface area contributed by atoms with Crippen molar-refractivity contribution in [3.8, 4) is 34.1 Å². The zero-order chi connectivity index (χ0) is 35.8. The molecule has 0 fully saturated rings. The van der Waals surface area contributed by atoms with E-state index in [1.165, 1.54) is 66.0 Å². The number of pyridine rings is 1. The number of fused-ring (bicyclic) bond motifs is 12. The van der Waals surface area contributed by atoms with Crippen LogP contribution in [0.5, 0.6) is 23.0 Å². The number of benzene rings is 6. The van der Waals surface area contributed by atoms with Gasteiger partial charge >= 0.3 is 0 Å². The molecule has 0 N–H and O–H groups in total. The molecule has 4 heterocycles. The van der Waals surface area contributed by atoms with Crippen LogP contribution in [0.4, 0.5) is 0 Å². The van der Waals surface area contributed by atoms with Gasteiger partial charge in [0.25, 0.3) is 12.4 Å². The van der Waals surface area contributed by atoms with Crippen LogP contribution in [0, 0.1) is 6.92 Å². The molecule has 0 unspecified atom stereocenters. The second-order valence-electron chi connectivity index (χ2n) is 17.0. The van der Waals surface area contributed by atoms with Gasteiger partial charge in [-0.1, -0.05) is 102 Å². The fourth-order valence-electron chi connectivity index (χ4n) is 8.76. The zero-order valence-corrected chi connectivity index (χ0v) is 31.2. The van der Waals surface area contributed by atoms with E-state index in [1.807, 2.05) is 0 Å². The third-order valence-corrected chi connectivity index (χ3v) is 11.6. The number of aromatic nitrogens is 2. The van der Waals surface area contributed by atoms with Crippen molar-refractivity contribution in [2.45, 2.75) is 59.3 Å². The second-order valence-corrected chi connectivity index (χ2v) is 17.0. The Bertz CT molecular complexity index is 2760. The molecule has 5 heteroatoms. The van der Waals surface area contributed by atoms with Crippen molar-refractivity contribution in [3.63, 3.8) is 0 Å². The van der Waals surface area contributed by atoms with E-state index in [2.05, 4.69) is 174 Å². The number of hydrogen-bond acceptors (Lipinski definition) is 2. The molecule has 2 aliphatic heterocycles. The molecule has 6 aromatic carbocycles. The first kappa shape index (κ1) is 31.2. The van der Waals surface area contributed by atoms with Crippen molar-refractivity contribution in [3.05, 3.63) is 126 Å². The van der Waals surface area contributed by atoms with Crippen LogP contribution in [0.15, 0.2) is 109 Å². The van der Waals surface area contributed by atoms with Crippen molar-refractivity contribution in [2.24, 2.45) is 7.05 Å². The molecular weight excluding hydrogens is 635 g/mol. The summed E-state index contributed by atoms with van der Waals surface area (Å²) in [4.78, 5) is 0. The summed E-state index contributed by atoms with van der Waals surface area (Å²) >= 11 is 0. The summed E-state index contributed by atoms with van der Waals surface area (Å²) in [6.07, 6.45) is 0. The standard InChI is InChI=1S/C47H42BN2O2/c1-27-12-11-14-33-32-13-9-10-15-36(32)50-38-22-28(16-19-37(38)49(8)45(50)43(27)33)29-23-41-44-42(24-29)52-40-21-18-31(47(5,6)7)26-35(40)48(44)34-25-30(46(2,3)4)17-20-39(34)51-41/h9-26H,1-8H3/q+1. The van der Waals surface area contributed by atoms with Crippen molar-refractivity contribution >= 4 is 61.5 Å². The molecule has 52 heavy (non-hydrogen) atoms. The molecule has 254 valence electrons. The average molecular weight is 678 g/mol. The zero-order valence-electron chi connectivity index (χ0n) is 31.2. The van der Waals surface area contributed by atoms with Crippen LogP contribution >= 0.6 is 0 Å². The van der Waals surface area contributed by atoms with Gasteiger partial charge < -0.3 is 9.47 Å². The normalized spacial score (nSPS) is 13.7. The van der Waals surface area contributed by atoms with Crippen LogP contribution in [0.1, 0.15) is 58.2 Å². The van der Waals surface area contributed by atoms with Crippen molar-refractivity contribution < 1.29 is 14.0 Å². The minimum absolute atomic E-state index is 0.00939. The Morgan fingerprint density at radius 1 is 0.577 bits per heavy atom. The Morgan fingerprint density at radius 2 is 1.19 bits per heavy atom. The third kappa shape index (κ3) is 4.38. The molecule has 0 spiro atoms. The maximum atomic E-state index is 6.86. The van der Waals surface area contributed by atoms with E-state index in [0.29, 0.717) is 0 Å². The van der Waals surface area contributed by atoms with E-state index < -0.39 is 0 Å². The first-order valence-electron chi connectivity index (χ1n) is 18.4. The third-order valence-electron chi connectivity index (χ3n) is 11.6. The van der Waals surface area contributed by atoms with E-state index in [9.17, 15) is 0 Å². The molecule has 0 aliphatic carbocycles. The lowest BCUT2D eigenvalue weighted by atomic mass is 9.34. The van der Waals surface area contributed by atoms with Crippen molar-refractivity contribution in [1.82, 2.24) is 4.40 Å². The quantitative estimate of drug-likeness (QED) is 0.0984. The fourth-order valence-corrected chi connectivity index (χ4v) is 8.76. The summed E-state index contributed by atoms with van der Waals surface area (Å²) in [7, 11) is 2.19. The number of imidazole rings is 1. The fraction of sp³-hybridized carbons (Fsp3) is 0.213. The van der Waals surface area contributed by atoms with E-state index in [0.717, 1.165) is 39.6 Å². The van der Waals surface area contributed by atoms with Crippen LogP contribution in [-0.2, 0) is 17.9 Å². The highest BCUT2D eigenvalue weighted by Crippen LogP contribution is 2.41. The highest BCUT2D eigenvalue weighted by atomic mass is 16.5. The largest absolute Gasteiger partial charge is 0.458 e. The van der Waals surface area contributed by atoms with Crippen LogP contribution in [0.25, 0.3) is 49.5 Å². The van der Waals surface area contributed by atoms with Gasteiger partial charge in [-0.15, -0.1) is 0 Å². The summed E-state index contributed by atoms with van der Waals surface area (Å²) in [6.45, 7) is 15.9. The van der Waals surface area contributed by atoms with Crippen LogP contribution < -0.4 is 30.4 Å². The Balaban J connectivity index is 1.21. The molecule has 4 nitrogen and oxygen atoms in total. The van der Waals surface area contributed by atoms with E-state index in [-0.39, 0.29) is 17.5 Å². The lowest BCUT2D eigenvalue weighted by molar-refractivity contribution is -0.617. The van der Waals surface area contributed by atoms with Gasteiger partial charge in [0.2, 0.25) is 0 Å². The maximum absolute atomic E-state index is 6.86. The Kier molecular flexibility index (Phi) is 6.31. The monoisotopic (exact) mass is 677 g/mol. The van der Waals surface area contributed by atoms with Gasteiger partial charge in [-0.25, -0.2) is 4.57 Å². The van der Waals surface area contributed by atoms with Gasteiger partial charge in [0.1, 0.15) is 28.5 Å². The Labute approximate surface area is 305 Å². The highest BCUT2D eigenvalue weighted by Gasteiger charge is 2.41. The predicted octanol–water partition coefficient (Wildman–Crippen LogP) is 9.52. The molecular formula is C47H42BN2O2+. The van der Waals surface area contributed by atoms with Crippen LogP contribution in [0.2, 0.25) is 0 Å². The van der Waals surface area contributed by atoms with Crippen LogP contribution in [0.3, 0.4) is 0 Å². The molecule has 0 bridgehead atoms. The molecule has 0 saturated heterocycles. The molecule has 2 aromatic heterocycles. The van der Waals surface area contributed by atoms with E-state index in [1.54, 1.807) is 0 Å². The summed E-state index contributed by atoms with van der Waals surface area (Å²) in [5.74, 6) is 3.55. The maximum Gasteiger partial charge on any atom is 0.295 e. The molecule has 10 rings (SSSR count). The molecule has 2 aliphatic rings. The lowest BCUT2D eigenvalue weighted by Crippen LogP contribution is -2.57. The summed E-state index contributed by atoms with van der Waals surface area (Å²) < 4.78 is 18.5. The summed E-state index contributed by atoms with van der Waals surface area (Å²) in [5.41, 5.74) is 14.3. The Morgan fingerprint density at radius 3 is 1.83 bits per heavy atom. The molecule has 0 saturated carbocycles. The lowest BCUT2D eigenvalue weighted by Gasteiger charge is -2.35. The molecule has 0 amide bonds. The van der Waals surface area contributed by atoms with Gasteiger partial charge in [-0.2, -0.15) is 4.40 Å². The number of rotatable bonds is 1. The smallest absolute Gasteiger partial charge is 0.295 e. The number of hydrogen-bond donors (Lipinski definition) is 0. The Hall–Kier alpha value is -5.55. The SMILES string of the molecule is Cc1cccc2c3ccccc3n3c4cc(-c5cc6c7c(c5)Oc5ccc(C(C)(C)C)cc5B7c5cc(C(C)(C)C)ccc5O6)ccc4[n+](C)c3c12. The summed E-state index contributed by atoms with van der Waals surface area (Å²) in [6, 6.07) is 40.2. The number of nitrogens with zero attached hydrogens (tertiary/aromatic N) is 2. The number of ether oxygens (including phenoxy) is 2. The topological polar surface area (TPSA) is 26.8 Å². The minimum Gasteiger partial charge on any atom is -0.458 e. The first-order chi connectivity index (χ1) is 24.9. The number of para-hydroxylation sites is 1. The highest BCUT2D eigenvalue weighted by molar-refractivity contribution is 6.98. The molecule has 0 radical (unpaired) electrons. The van der Waals surface area contributed by atoms with E-state index >= 15 is 0 Å². The van der Waals surface area contributed by atoms with Gasteiger partial charge in [0.15, 0.2) is 11.0 Å². The van der Waals surface area contributed by atoms with Crippen molar-refractivity contribution in [1.29, 1.82) is 0 Å². The average Bonchev–Trinajstić information content (AvgIpc) is 3.41. The van der Waals surface area contributed by atoms with Crippen LogP contribution in [-0.4, -0.2) is 11.1 Å². The van der Waals surface area contributed by atoms with Gasteiger partial charge in [0, 0.05) is 16.2 Å². The minimum atomic E-state index is 0.00939. The van der Waals surface area contributed by atoms with Gasteiger partial charge in [0.05, 0.1) is 12.4 Å². The molecule has 0 atom stereocenters.